The minimum atomic E-state index is 0.0519. The molecule has 1 aromatic carbocycles. The zero-order valence-electron chi connectivity index (χ0n) is 13.0. The number of aryl methyl sites for hydroxylation is 1. The maximum atomic E-state index is 12.7. The second kappa shape index (κ2) is 5.99. The highest BCUT2D eigenvalue weighted by Gasteiger charge is 2.32. The number of benzene rings is 1. The van der Waals surface area contributed by atoms with E-state index >= 15 is 0 Å². The normalized spacial score (nSPS) is 19.8. The molecule has 0 spiro atoms. The molecule has 0 atom stereocenters. The third kappa shape index (κ3) is 2.80. The van der Waals surface area contributed by atoms with Crippen LogP contribution in [0.15, 0.2) is 18.2 Å². The van der Waals surface area contributed by atoms with Gasteiger partial charge in [0, 0.05) is 43.3 Å². The van der Waals surface area contributed by atoms with Gasteiger partial charge in [-0.25, -0.2) is 0 Å². The van der Waals surface area contributed by atoms with Gasteiger partial charge in [-0.05, 0) is 43.9 Å². The van der Waals surface area contributed by atoms with E-state index in [1.165, 1.54) is 0 Å². The highest BCUT2D eigenvalue weighted by molar-refractivity contribution is 5.96. The van der Waals surface area contributed by atoms with Gasteiger partial charge in [-0.3, -0.25) is 9.59 Å². The maximum absolute atomic E-state index is 12.7. The number of nitrogens with zero attached hydrogens (tertiary/aromatic N) is 2. The second-order valence-electron chi connectivity index (χ2n) is 6.29. The average molecular weight is 301 g/mol. The van der Waals surface area contributed by atoms with Crippen molar-refractivity contribution < 1.29 is 9.59 Å². The van der Waals surface area contributed by atoms with Crippen molar-refractivity contribution in [1.29, 1.82) is 0 Å². The third-order valence-corrected chi connectivity index (χ3v) is 4.79. The molecule has 0 unspecified atom stereocenters. The summed E-state index contributed by atoms with van der Waals surface area (Å²) in [6.45, 7) is 4.23. The highest BCUT2D eigenvalue weighted by Crippen LogP contribution is 2.24. The number of anilines is 1. The van der Waals surface area contributed by atoms with Crippen LogP contribution in [-0.4, -0.2) is 47.3 Å². The molecule has 2 heterocycles. The Kier molecular flexibility index (Phi) is 4.05. The molecule has 2 amide bonds. The zero-order chi connectivity index (χ0) is 15.7. The summed E-state index contributed by atoms with van der Waals surface area (Å²) in [5.41, 5.74) is 8.06. The first-order valence-corrected chi connectivity index (χ1v) is 8.01. The number of piperidine rings is 1. The number of nitrogen functional groups attached to an aromatic ring is 1. The standard InChI is InChI=1S/C17H23N3O2/c1-12-4-5-13(18)11-15(12)17(22)19-9-6-14(7-10-19)20-8-2-3-16(20)21/h4-5,11,14H,2-3,6-10,18H2,1H3. The summed E-state index contributed by atoms with van der Waals surface area (Å²) < 4.78 is 0. The molecule has 5 nitrogen and oxygen atoms in total. The van der Waals surface area contributed by atoms with Gasteiger partial charge in [-0.2, -0.15) is 0 Å². The Morgan fingerprint density at radius 3 is 2.59 bits per heavy atom. The first-order chi connectivity index (χ1) is 10.6. The maximum Gasteiger partial charge on any atom is 0.254 e. The molecule has 118 valence electrons. The fraction of sp³-hybridized carbons (Fsp3) is 0.529. The van der Waals surface area contributed by atoms with Gasteiger partial charge in [0.25, 0.3) is 5.91 Å². The van der Waals surface area contributed by atoms with Crippen LogP contribution in [-0.2, 0) is 4.79 Å². The quantitative estimate of drug-likeness (QED) is 0.847. The van der Waals surface area contributed by atoms with E-state index in [0.717, 1.165) is 31.4 Å². The number of carbonyl (C=O) groups excluding carboxylic acids is 2. The number of nitrogens with two attached hydrogens (primary N) is 1. The smallest absolute Gasteiger partial charge is 0.254 e. The number of hydrogen-bond acceptors (Lipinski definition) is 3. The van der Waals surface area contributed by atoms with E-state index in [0.29, 0.717) is 36.8 Å². The van der Waals surface area contributed by atoms with Crippen LogP contribution in [0.2, 0.25) is 0 Å². The Morgan fingerprint density at radius 1 is 1.23 bits per heavy atom. The summed E-state index contributed by atoms with van der Waals surface area (Å²) >= 11 is 0. The lowest BCUT2D eigenvalue weighted by atomic mass is 10.0. The average Bonchev–Trinajstić information content (AvgIpc) is 2.95. The minimum absolute atomic E-state index is 0.0519. The molecule has 3 rings (SSSR count). The molecule has 0 saturated carbocycles. The number of rotatable bonds is 2. The minimum Gasteiger partial charge on any atom is -0.399 e. The van der Waals surface area contributed by atoms with Crippen LogP contribution in [0.4, 0.5) is 5.69 Å². The molecule has 2 saturated heterocycles. The predicted molar refractivity (Wildman–Crippen MR) is 85.5 cm³/mol. The van der Waals surface area contributed by atoms with Crippen molar-refractivity contribution in [3.8, 4) is 0 Å². The van der Waals surface area contributed by atoms with Crippen LogP contribution < -0.4 is 5.73 Å². The molecule has 2 aliphatic heterocycles. The van der Waals surface area contributed by atoms with Crippen molar-refractivity contribution in [1.82, 2.24) is 9.80 Å². The van der Waals surface area contributed by atoms with Gasteiger partial charge in [-0.1, -0.05) is 6.07 Å². The number of hydrogen-bond donors (Lipinski definition) is 1. The molecule has 0 aromatic heterocycles. The van der Waals surface area contributed by atoms with Crippen LogP contribution in [0, 0.1) is 6.92 Å². The highest BCUT2D eigenvalue weighted by atomic mass is 16.2. The van der Waals surface area contributed by atoms with Crippen LogP contribution in [0.1, 0.15) is 41.6 Å². The molecule has 0 aliphatic carbocycles. The molecule has 0 radical (unpaired) electrons. The van der Waals surface area contributed by atoms with E-state index in [-0.39, 0.29) is 11.8 Å². The fourth-order valence-corrected chi connectivity index (χ4v) is 3.48. The Morgan fingerprint density at radius 2 is 1.95 bits per heavy atom. The van der Waals surface area contributed by atoms with E-state index in [1.807, 2.05) is 28.9 Å². The monoisotopic (exact) mass is 301 g/mol. The molecule has 2 fully saturated rings. The summed E-state index contributed by atoms with van der Waals surface area (Å²) in [4.78, 5) is 28.4. The van der Waals surface area contributed by atoms with E-state index in [4.69, 9.17) is 5.73 Å². The lowest BCUT2D eigenvalue weighted by Crippen LogP contribution is -2.47. The van der Waals surface area contributed by atoms with E-state index in [9.17, 15) is 9.59 Å². The van der Waals surface area contributed by atoms with E-state index in [1.54, 1.807) is 6.07 Å². The molecule has 2 N–H and O–H groups in total. The van der Waals surface area contributed by atoms with Crippen LogP contribution in [0.25, 0.3) is 0 Å². The van der Waals surface area contributed by atoms with E-state index in [2.05, 4.69) is 0 Å². The molecule has 22 heavy (non-hydrogen) atoms. The Bertz CT molecular complexity index is 592. The second-order valence-corrected chi connectivity index (χ2v) is 6.29. The lowest BCUT2D eigenvalue weighted by Gasteiger charge is -2.37. The molecular weight excluding hydrogens is 278 g/mol. The first kappa shape index (κ1) is 14.9. The van der Waals surface area contributed by atoms with Crippen molar-refractivity contribution in [3.05, 3.63) is 29.3 Å². The van der Waals surface area contributed by atoms with Crippen LogP contribution in [0.5, 0.6) is 0 Å². The SMILES string of the molecule is Cc1ccc(N)cc1C(=O)N1CCC(N2CCCC2=O)CC1. The number of carbonyl (C=O) groups is 2. The summed E-state index contributed by atoms with van der Waals surface area (Å²) in [5.74, 6) is 0.326. The molecule has 5 heteroatoms. The Labute approximate surface area is 131 Å². The Hall–Kier alpha value is -2.04. The van der Waals surface area contributed by atoms with Crippen molar-refractivity contribution in [3.63, 3.8) is 0 Å². The fourth-order valence-electron chi connectivity index (χ4n) is 3.48. The Balaban J connectivity index is 1.64. The molecule has 0 bridgehead atoms. The van der Waals surface area contributed by atoms with Gasteiger partial charge in [0.15, 0.2) is 0 Å². The van der Waals surface area contributed by atoms with Crippen molar-refractivity contribution in [2.45, 2.75) is 38.6 Å². The van der Waals surface area contributed by atoms with Crippen molar-refractivity contribution >= 4 is 17.5 Å². The van der Waals surface area contributed by atoms with Gasteiger partial charge in [-0.15, -0.1) is 0 Å². The first-order valence-electron chi connectivity index (χ1n) is 8.01. The lowest BCUT2D eigenvalue weighted by molar-refractivity contribution is -0.130. The predicted octanol–water partition coefficient (Wildman–Crippen LogP) is 1.80. The van der Waals surface area contributed by atoms with Gasteiger partial charge in [0.2, 0.25) is 5.91 Å². The number of likely N-dealkylation sites (tertiary alicyclic amines) is 2. The molecule has 2 aliphatic rings. The molecule has 1 aromatic rings. The van der Waals surface area contributed by atoms with Gasteiger partial charge in [0.1, 0.15) is 0 Å². The summed E-state index contributed by atoms with van der Waals surface area (Å²) in [6, 6.07) is 5.77. The largest absolute Gasteiger partial charge is 0.399 e. The van der Waals surface area contributed by atoms with Crippen LogP contribution >= 0.6 is 0 Å². The zero-order valence-corrected chi connectivity index (χ0v) is 13.0. The van der Waals surface area contributed by atoms with Gasteiger partial charge < -0.3 is 15.5 Å². The summed E-state index contributed by atoms with van der Waals surface area (Å²) in [5, 5.41) is 0. The number of amides is 2. The van der Waals surface area contributed by atoms with Crippen LogP contribution in [0.3, 0.4) is 0 Å². The van der Waals surface area contributed by atoms with Crippen molar-refractivity contribution in [2.24, 2.45) is 0 Å². The van der Waals surface area contributed by atoms with Gasteiger partial charge in [0.05, 0.1) is 0 Å². The summed E-state index contributed by atoms with van der Waals surface area (Å²) in [7, 11) is 0. The van der Waals surface area contributed by atoms with E-state index < -0.39 is 0 Å². The topological polar surface area (TPSA) is 66.6 Å². The molecular formula is C17H23N3O2. The van der Waals surface area contributed by atoms with Crippen molar-refractivity contribution in [2.75, 3.05) is 25.4 Å². The van der Waals surface area contributed by atoms with Gasteiger partial charge >= 0.3 is 0 Å². The third-order valence-electron chi connectivity index (χ3n) is 4.79. The summed E-state index contributed by atoms with van der Waals surface area (Å²) in [6.07, 6.45) is 3.40.